The fourth-order valence-corrected chi connectivity index (χ4v) is 3.53. The molecule has 0 aliphatic carbocycles. The van der Waals surface area contributed by atoms with Crippen LogP contribution < -0.4 is 11.2 Å². The lowest BCUT2D eigenvalue weighted by Crippen LogP contribution is -2.34. The van der Waals surface area contributed by atoms with Crippen molar-refractivity contribution in [2.45, 2.75) is 25.9 Å². The zero-order valence-electron chi connectivity index (χ0n) is 17.2. The molecule has 0 fully saturated rings. The first-order chi connectivity index (χ1) is 15.0. The smallest absolute Gasteiger partial charge is 0.328 e. The highest BCUT2D eigenvalue weighted by Gasteiger charge is 2.18. The first-order valence-electron chi connectivity index (χ1n) is 9.88. The number of aryl methyl sites for hydroxylation is 1. The normalized spacial score (nSPS) is 12.1. The Morgan fingerprint density at radius 1 is 1.13 bits per heavy atom. The first-order valence-corrected chi connectivity index (χ1v) is 9.88. The van der Waals surface area contributed by atoms with Gasteiger partial charge >= 0.3 is 5.69 Å². The maximum absolute atomic E-state index is 12.8. The minimum Gasteiger partial charge on any atom is -0.339 e. The van der Waals surface area contributed by atoms with Gasteiger partial charge in [0.05, 0.1) is 22.6 Å². The van der Waals surface area contributed by atoms with E-state index >= 15 is 0 Å². The molecule has 0 unspecified atom stereocenters. The van der Waals surface area contributed by atoms with Crippen LogP contribution in [0.3, 0.4) is 0 Å². The summed E-state index contributed by atoms with van der Waals surface area (Å²) in [5.74, 6) is -0.102. The number of fused-ring (bicyclic) bond motifs is 1. The molecule has 1 amide bonds. The number of carbonyl (C=O) groups is 1. The summed E-state index contributed by atoms with van der Waals surface area (Å²) in [4.78, 5) is 45.0. The number of nitrogens with zero attached hydrogens (tertiary/aromatic N) is 5. The lowest BCUT2D eigenvalue weighted by atomic mass is 10.1. The number of benzene rings is 2. The number of aromatic amines is 1. The molecular formula is C22H22N6O3. The first kappa shape index (κ1) is 20.3. The average molecular weight is 418 g/mol. The summed E-state index contributed by atoms with van der Waals surface area (Å²) in [5.41, 5.74) is 1.43. The van der Waals surface area contributed by atoms with Crippen LogP contribution in [0.5, 0.6) is 0 Å². The fourth-order valence-electron chi connectivity index (χ4n) is 3.53. The highest BCUT2D eigenvalue weighted by Crippen LogP contribution is 2.21. The molecule has 9 heteroatoms. The van der Waals surface area contributed by atoms with Gasteiger partial charge in [-0.2, -0.15) is 5.10 Å². The van der Waals surface area contributed by atoms with Crippen molar-refractivity contribution < 1.29 is 4.79 Å². The van der Waals surface area contributed by atoms with Gasteiger partial charge in [0.25, 0.3) is 5.56 Å². The van der Waals surface area contributed by atoms with Crippen LogP contribution >= 0.6 is 0 Å². The molecular weight excluding hydrogens is 396 g/mol. The van der Waals surface area contributed by atoms with Gasteiger partial charge in [-0.1, -0.05) is 24.3 Å². The van der Waals surface area contributed by atoms with Crippen LogP contribution in [0, 0.1) is 0 Å². The molecule has 0 bridgehead atoms. The Labute approximate surface area is 177 Å². The molecule has 4 rings (SSSR count). The summed E-state index contributed by atoms with van der Waals surface area (Å²) in [6, 6.07) is 14.5. The van der Waals surface area contributed by atoms with E-state index in [4.69, 9.17) is 0 Å². The van der Waals surface area contributed by atoms with Crippen LogP contribution in [0.2, 0.25) is 0 Å². The van der Waals surface area contributed by atoms with E-state index in [-0.39, 0.29) is 24.9 Å². The number of carbonyl (C=O) groups excluding carboxylic acids is 1. The van der Waals surface area contributed by atoms with Crippen LogP contribution in [-0.4, -0.2) is 42.2 Å². The summed E-state index contributed by atoms with van der Waals surface area (Å²) in [7, 11) is 1.74. The standard InChI is InChI=1S/C22H22N6O3/c1-15(16-7-9-17(10-8-16)28-14-23-13-24-28)26(2)20(29)11-12-27-19-6-4-3-5-18(19)21(30)25-22(27)31/h3-10,13-15H,11-12H2,1-2H3,(H,25,30,31)/t15-/m1/s1. The van der Waals surface area contributed by atoms with Crippen LogP contribution in [0.1, 0.15) is 24.9 Å². The van der Waals surface area contributed by atoms with Gasteiger partial charge in [-0.3, -0.25) is 19.1 Å². The average Bonchev–Trinajstić information content (AvgIpc) is 3.33. The van der Waals surface area contributed by atoms with E-state index in [0.29, 0.717) is 10.9 Å². The van der Waals surface area contributed by atoms with Gasteiger partial charge in [0.1, 0.15) is 12.7 Å². The second-order valence-electron chi connectivity index (χ2n) is 7.29. The number of hydrogen-bond donors (Lipinski definition) is 1. The van der Waals surface area contributed by atoms with E-state index < -0.39 is 11.2 Å². The number of para-hydroxylation sites is 1. The molecule has 0 radical (unpaired) electrons. The van der Waals surface area contributed by atoms with Crippen molar-refractivity contribution in [3.05, 3.63) is 87.6 Å². The second-order valence-corrected chi connectivity index (χ2v) is 7.29. The molecule has 2 aromatic carbocycles. The predicted octanol–water partition coefficient (Wildman–Crippen LogP) is 1.88. The molecule has 0 aliphatic heterocycles. The van der Waals surface area contributed by atoms with E-state index in [1.807, 2.05) is 31.2 Å². The van der Waals surface area contributed by atoms with Crippen LogP contribution in [0.4, 0.5) is 0 Å². The summed E-state index contributed by atoms with van der Waals surface area (Å²) < 4.78 is 3.09. The molecule has 0 saturated heterocycles. The predicted molar refractivity (Wildman–Crippen MR) is 116 cm³/mol. The number of aromatic nitrogens is 5. The Hall–Kier alpha value is -4.01. The summed E-state index contributed by atoms with van der Waals surface area (Å²) in [6.45, 7) is 2.13. The van der Waals surface area contributed by atoms with Crippen molar-refractivity contribution in [3.8, 4) is 5.69 Å². The van der Waals surface area contributed by atoms with E-state index in [0.717, 1.165) is 11.3 Å². The van der Waals surface area contributed by atoms with E-state index in [1.54, 1.807) is 47.2 Å². The van der Waals surface area contributed by atoms with Gasteiger partial charge in [-0.05, 0) is 36.8 Å². The Kier molecular flexibility index (Phi) is 5.48. The van der Waals surface area contributed by atoms with Crippen molar-refractivity contribution in [2.24, 2.45) is 0 Å². The Morgan fingerprint density at radius 3 is 2.58 bits per heavy atom. The van der Waals surface area contributed by atoms with Crippen molar-refractivity contribution in [3.63, 3.8) is 0 Å². The molecule has 31 heavy (non-hydrogen) atoms. The molecule has 1 N–H and O–H groups in total. The Bertz CT molecular complexity index is 1320. The second kappa shape index (κ2) is 8.39. The molecule has 4 aromatic rings. The van der Waals surface area contributed by atoms with Gasteiger partial charge in [0.15, 0.2) is 0 Å². The molecule has 158 valence electrons. The molecule has 0 aliphatic rings. The van der Waals surface area contributed by atoms with Crippen LogP contribution in [-0.2, 0) is 11.3 Å². The number of nitrogens with one attached hydrogen (secondary N) is 1. The van der Waals surface area contributed by atoms with E-state index in [1.165, 1.54) is 10.9 Å². The number of hydrogen-bond acceptors (Lipinski definition) is 5. The van der Waals surface area contributed by atoms with E-state index in [2.05, 4.69) is 15.1 Å². The van der Waals surface area contributed by atoms with Crippen molar-refractivity contribution in [1.82, 2.24) is 29.2 Å². The maximum Gasteiger partial charge on any atom is 0.328 e. The van der Waals surface area contributed by atoms with Crippen molar-refractivity contribution in [2.75, 3.05) is 7.05 Å². The Balaban J connectivity index is 1.47. The molecule has 0 saturated carbocycles. The molecule has 9 nitrogen and oxygen atoms in total. The topological polar surface area (TPSA) is 106 Å². The SMILES string of the molecule is C[C@H](c1ccc(-n2cncn2)cc1)N(C)C(=O)CCn1c(=O)[nH]c(=O)c2ccccc21. The van der Waals surface area contributed by atoms with Crippen LogP contribution in [0.15, 0.2) is 70.8 Å². The van der Waals surface area contributed by atoms with Crippen molar-refractivity contribution >= 4 is 16.8 Å². The monoisotopic (exact) mass is 418 g/mol. The number of rotatable bonds is 6. The lowest BCUT2D eigenvalue weighted by molar-refractivity contribution is -0.132. The fraction of sp³-hybridized carbons (Fsp3) is 0.227. The summed E-state index contributed by atoms with van der Waals surface area (Å²) in [5, 5.41) is 4.52. The zero-order valence-corrected chi connectivity index (χ0v) is 17.2. The van der Waals surface area contributed by atoms with Gasteiger partial charge in [0, 0.05) is 20.0 Å². The lowest BCUT2D eigenvalue weighted by Gasteiger charge is -2.26. The Morgan fingerprint density at radius 2 is 1.87 bits per heavy atom. The summed E-state index contributed by atoms with van der Waals surface area (Å²) in [6.07, 6.45) is 3.23. The largest absolute Gasteiger partial charge is 0.339 e. The third-order valence-electron chi connectivity index (χ3n) is 5.49. The molecule has 2 heterocycles. The van der Waals surface area contributed by atoms with Gasteiger partial charge in [0.2, 0.25) is 5.91 Å². The number of amides is 1. The van der Waals surface area contributed by atoms with Crippen molar-refractivity contribution in [1.29, 1.82) is 0 Å². The highest BCUT2D eigenvalue weighted by atomic mass is 16.2. The maximum atomic E-state index is 12.8. The van der Waals surface area contributed by atoms with E-state index in [9.17, 15) is 14.4 Å². The molecule has 1 atom stereocenters. The minimum atomic E-state index is -0.518. The van der Waals surface area contributed by atoms with Crippen LogP contribution in [0.25, 0.3) is 16.6 Å². The van der Waals surface area contributed by atoms with Gasteiger partial charge in [-0.15, -0.1) is 0 Å². The van der Waals surface area contributed by atoms with Gasteiger partial charge in [-0.25, -0.2) is 14.5 Å². The third kappa shape index (κ3) is 4.02. The number of H-pyrrole nitrogens is 1. The highest BCUT2D eigenvalue weighted by molar-refractivity contribution is 5.79. The molecule has 0 spiro atoms. The minimum absolute atomic E-state index is 0.102. The van der Waals surface area contributed by atoms with Gasteiger partial charge < -0.3 is 4.90 Å². The molecule has 2 aromatic heterocycles. The quantitative estimate of drug-likeness (QED) is 0.515. The third-order valence-corrected chi connectivity index (χ3v) is 5.49. The zero-order chi connectivity index (χ0) is 22.0. The summed E-state index contributed by atoms with van der Waals surface area (Å²) >= 11 is 0.